The molecule has 0 N–H and O–H groups in total. The minimum Gasteiger partial charge on any atom is -0.373 e. The van der Waals surface area contributed by atoms with Gasteiger partial charge in [0.2, 0.25) is 0 Å². The highest BCUT2D eigenvalue weighted by atomic mass is 19.4. The van der Waals surface area contributed by atoms with Crippen LogP contribution in [-0.2, 0) is 29.0 Å². The average molecular weight is 534 g/mol. The van der Waals surface area contributed by atoms with Gasteiger partial charge in [0, 0.05) is 17.0 Å². The van der Waals surface area contributed by atoms with Gasteiger partial charge in [-0.3, -0.25) is 4.99 Å². The van der Waals surface area contributed by atoms with Gasteiger partial charge in [-0.05, 0) is 54.7 Å². The molecule has 0 saturated heterocycles. The van der Waals surface area contributed by atoms with Gasteiger partial charge in [-0.25, -0.2) is 0 Å². The van der Waals surface area contributed by atoms with Crippen LogP contribution in [0.1, 0.15) is 60.6 Å². The monoisotopic (exact) mass is 533 g/mol. The molecular formula is C30H29F6NO. The summed E-state index contributed by atoms with van der Waals surface area (Å²) in [6.07, 6.45) is -7.46. The molecule has 38 heavy (non-hydrogen) atoms. The highest BCUT2D eigenvalue weighted by molar-refractivity contribution is 5.68. The molecule has 0 amide bonds. The lowest BCUT2D eigenvalue weighted by atomic mass is 9.52. The standard InChI is InChI=1S/C30H29F6NO/c1-21(23-13-25(29(31,32)33)15-26(14-23)30(34,35)36)38-20-28(24-11-7-4-8-12-24)17-27(2,18-28)19-37-16-22-9-5-3-6-10-22/h3-15,19,21H,16-18,20H2,1-2H3/t21-,27?,28?/m1/s1. The molecule has 1 aliphatic carbocycles. The largest absolute Gasteiger partial charge is 0.416 e. The number of nitrogens with zero attached hydrogens (tertiary/aromatic N) is 1. The number of alkyl halides is 6. The molecule has 3 aromatic rings. The van der Waals surface area contributed by atoms with E-state index in [1.807, 2.05) is 66.9 Å². The van der Waals surface area contributed by atoms with Gasteiger partial charge in [0.15, 0.2) is 0 Å². The summed E-state index contributed by atoms with van der Waals surface area (Å²) in [5.41, 5.74) is -1.39. The fourth-order valence-corrected chi connectivity index (χ4v) is 5.32. The molecular weight excluding hydrogens is 504 g/mol. The maximum Gasteiger partial charge on any atom is 0.416 e. The molecule has 8 heteroatoms. The summed E-state index contributed by atoms with van der Waals surface area (Å²) in [5, 5.41) is 0. The number of ether oxygens (including phenoxy) is 1. The summed E-state index contributed by atoms with van der Waals surface area (Å²) in [4.78, 5) is 4.62. The normalized spacial score (nSPS) is 22.8. The van der Waals surface area contributed by atoms with Gasteiger partial charge in [-0.15, -0.1) is 0 Å². The van der Waals surface area contributed by atoms with Crippen molar-refractivity contribution in [1.29, 1.82) is 0 Å². The van der Waals surface area contributed by atoms with Crippen molar-refractivity contribution in [2.75, 3.05) is 6.61 Å². The van der Waals surface area contributed by atoms with Gasteiger partial charge < -0.3 is 4.74 Å². The van der Waals surface area contributed by atoms with Crippen LogP contribution in [0.3, 0.4) is 0 Å². The van der Waals surface area contributed by atoms with E-state index >= 15 is 0 Å². The summed E-state index contributed by atoms with van der Waals surface area (Å²) in [7, 11) is 0. The highest BCUT2D eigenvalue weighted by Gasteiger charge is 2.52. The first-order valence-corrected chi connectivity index (χ1v) is 12.3. The second-order valence-electron chi connectivity index (χ2n) is 10.4. The van der Waals surface area contributed by atoms with Gasteiger partial charge in [-0.1, -0.05) is 67.6 Å². The van der Waals surface area contributed by atoms with Gasteiger partial charge in [-0.2, -0.15) is 26.3 Å². The fourth-order valence-electron chi connectivity index (χ4n) is 5.32. The zero-order valence-corrected chi connectivity index (χ0v) is 21.1. The van der Waals surface area contributed by atoms with Crippen molar-refractivity contribution in [3.8, 4) is 0 Å². The zero-order chi connectivity index (χ0) is 27.6. The van der Waals surface area contributed by atoms with Crippen LogP contribution < -0.4 is 0 Å². The first kappa shape index (κ1) is 27.9. The van der Waals surface area contributed by atoms with E-state index in [-0.39, 0.29) is 23.7 Å². The molecule has 0 bridgehead atoms. The van der Waals surface area contributed by atoms with Crippen molar-refractivity contribution >= 4 is 6.21 Å². The Bertz CT molecular complexity index is 1210. The third-order valence-corrected chi connectivity index (χ3v) is 7.08. The molecule has 1 fully saturated rings. The second kappa shape index (κ2) is 10.6. The lowest BCUT2D eigenvalue weighted by Gasteiger charge is -2.53. The minimum atomic E-state index is -4.91. The van der Waals surface area contributed by atoms with Crippen LogP contribution >= 0.6 is 0 Å². The first-order chi connectivity index (χ1) is 17.8. The maximum atomic E-state index is 13.3. The lowest BCUT2D eigenvalue weighted by Crippen LogP contribution is -2.52. The Morgan fingerprint density at radius 2 is 1.37 bits per heavy atom. The summed E-state index contributed by atoms with van der Waals surface area (Å²) in [6, 6.07) is 21.1. The van der Waals surface area contributed by atoms with Crippen LogP contribution in [0.4, 0.5) is 26.3 Å². The van der Waals surface area contributed by atoms with Crippen molar-refractivity contribution in [3.63, 3.8) is 0 Å². The van der Waals surface area contributed by atoms with E-state index in [9.17, 15) is 26.3 Å². The molecule has 2 nitrogen and oxygen atoms in total. The van der Waals surface area contributed by atoms with Crippen LogP contribution in [0.2, 0.25) is 0 Å². The van der Waals surface area contributed by atoms with Crippen LogP contribution in [0, 0.1) is 5.41 Å². The summed E-state index contributed by atoms with van der Waals surface area (Å²) >= 11 is 0. The topological polar surface area (TPSA) is 21.6 Å². The molecule has 202 valence electrons. The Morgan fingerprint density at radius 3 is 1.89 bits per heavy atom. The number of rotatable bonds is 8. The molecule has 1 atom stereocenters. The van der Waals surface area contributed by atoms with Crippen LogP contribution in [-0.4, -0.2) is 12.8 Å². The Balaban J connectivity index is 1.52. The SMILES string of the molecule is C[C@@H](OCC1(c2ccccc2)CC(C)(C=NCc2ccccc2)C1)c1cc(C(F)(F)F)cc(C(F)(F)F)c1. The van der Waals surface area contributed by atoms with Crippen LogP contribution in [0.25, 0.3) is 0 Å². The first-order valence-electron chi connectivity index (χ1n) is 12.3. The van der Waals surface area contributed by atoms with Gasteiger partial charge in [0.25, 0.3) is 0 Å². The van der Waals surface area contributed by atoms with Crippen LogP contribution in [0.5, 0.6) is 0 Å². The third kappa shape index (κ3) is 6.46. The van der Waals surface area contributed by atoms with Crippen LogP contribution in [0.15, 0.2) is 83.9 Å². The molecule has 0 unspecified atom stereocenters. The van der Waals surface area contributed by atoms with Gasteiger partial charge in [0.1, 0.15) is 0 Å². The van der Waals surface area contributed by atoms with E-state index in [2.05, 4.69) is 11.9 Å². The molecule has 1 aliphatic rings. The fraction of sp³-hybridized carbons (Fsp3) is 0.367. The molecule has 4 rings (SSSR count). The van der Waals surface area contributed by atoms with E-state index in [0.717, 1.165) is 23.3 Å². The summed E-state index contributed by atoms with van der Waals surface area (Å²) in [5.74, 6) is 0. The number of aliphatic imine (C=N–C) groups is 1. The molecule has 3 aromatic carbocycles. The van der Waals surface area contributed by atoms with Crippen molar-refractivity contribution in [2.45, 2.75) is 57.1 Å². The number of hydrogen-bond donors (Lipinski definition) is 0. The van der Waals surface area contributed by atoms with Crippen molar-refractivity contribution in [1.82, 2.24) is 0 Å². The van der Waals surface area contributed by atoms with E-state index in [1.165, 1.54) is 6.92 Å². The summed E-state index contributed by atoms with van der Waals surface area (Å²) in [6.45, 7) is 4.28. The lowest BCUT2D eigenvalue weighted by molar-refractivity contribution is -0.143. The molecule has 0 aliphatic heterocycles. The van der Waals surface area contributed by atoms with E-state index in [0.29, 0.717) is 19.4 Å². The predicted molar refractivity (Wildman–Crippen MR) is 135 cm³/mol. The van der Waals surface area contributed by atoms with E-state index in [1.54, 1.807) is 0 Å². The van der Waals surface area contributed by atoms with E-state index in [4.69, 9.17) is 4.74 Å². The Hall–Kier alpha value is -3.13. The van der Waals surface area contributed by atoms with Crippen molar-refractivity contribution in [3.05, 3.63) is 107 Å². The number of benzene rings is 3. The van der Waals surface area contributed by atoms with Gasteiger partial charge >= 0.3 is 12.4 Å². The zero-order valence-electron chi connectivity index (χ0n) is 21.1. The van der Waals surface area contributed by atoms with Crippen molar-refractivity contribution < 1.29 is 31.1 Å². The Kier molecular flexibility index (Phi) is 7.75. The molecule has 0 radical (unpaired) electrons. The number of halogens is 6. The molecule has 0 heterocycles. The van der Waals surface area contributed by atoms with Gasteiger partial charge in [0.05, 0.1) is 30.4 Å². The quantitative estimate of drug-likeness (QED) is 0.209. The second-order valence-corrected chi connectivity index (χ2v) is 10.4. The smallest absolute Gasteiger partial charge is 0.373 e. The average Bonchev–Trinajstić information content (AvgIpc) is 2.85. The third-order valence-electron chi connectivity index (χ3n) is 7.08. The number of hydrogen-bond acceptors (Lipinski definition) is 2. The molecule has 0 aromatic heterocycles. The molecule has 0 spiro atoms. The van der Waals surface area contributed by atoms with Crippen molar-refractivity contribution in [2.24, 2.45) is 10.4 Å². The Morgan fingerprint density at radius 1 is 0.842 bits per heavy atom. The molecule has 1 saturated carbocycles. The Labute approximate surface area is 218 Å². The summed E-state index contributed by atoms with van der Waals surface area (Å²) < 4.78 is 86.0. The highest BCUT2D eigenvalue weighted by Crippen LogP contribution is 2.55. The predicted octanol–water partition coefficient (Wildman–Crippen LogP) is 8.81. The maximum absolute atomic E-state index is 13.3. The minimum absolute atomic E-state index is 0.133. The van der Waals surface area contributed by atoms with E-state index < -0.39 is 35.0 Å².